The van der Waals surface area contributed by atoms with Crippen molar-refractivity contribution in [3.05, 3.63) is 65.0 Å². The van der Waals surface area contributed by atoms with E-state index in [4.69, 9.17) is 0 Å². The molecule has 0 unspecified atom stereocenters. The van der Waals surface area contributed by atoms with Crippen LogP contribution in [0, 0.1) is 30.4 Å². The van der Waals surface area contributed by atoms with Gasteiger partial charge in [0.25, 0.3) is 5.91 Å². The highest BCUT2D eigenvalue weighted by Gasteiger charge is 2.34. The fourth-order valence-corrected chi connectivity index (χ4v) is 4.73. The number of hydrogen-bond acceptors (Lipinski definition) is 3. The summed E-state index contributed by atoms with van der Waals surface area (Å²) in [6.07, 6.45) is 4.82. The maximum Gasteiger partial charge on any atom is 0.255 e. The van der Waals surface area contributed by atoms with Crippen molar-refractivity contribution in [3.8, 4) is 0 Å². The Bertz CT molecular complexity index is 880. The number of piperidine rings is 1. The maximum atomic E-state index is 13.9. The zero-order valence-electron chi connectivity index (χ0n) is 16.8. The third-order valence-electron chi connectivity index (χ3n) is 6.47. The van der Waals surface area contributed by atoms with E-state index in [1.165, 1.54) is 0 Å². The molecule has 1 aromatic heterocycles. The second-order valence-electron chi connectivity index (χ2n) is 8.26. The molecule has 0 N–H and O–H groups in total. The van der Waals surface area contributed by atoms with E-state index >= 15 is 0 Å². The minimum atomic E-state index is -0.781. The lowest BCUT2D eigenvalue weighted by Crippen LogP contribution is -2.37. The molecule has 154 valence electrons. The summed E-state index contributed by atoms with van der Waals surface area (Å²) >= 11 is 0. The Labute approximate surface area is 170 Å². The second kappa shape index (κ2) is 8.57. The van der Waals surface area contributed by atoms with Crippen LogP contribution in [0.15, 0.2) is 36.5 Å². The second-order valence-corrected chi connectivity index (χ2v) is 8.26. The average Bonchev–Trinajstić information content (AvgIpc) is 3.22. The summed E-state index contributed by atoms with van der Waals surface area (Å²) in [6.45, 7) is 5.69. The molecule has 6 heteroatoms. The van der Waals surface area contributed by atoms with Crippen molar-refractivity contribution >= 4 is 5.91 Å². The maximum absolute atomic E-state index is 13.9. The van der Waals surface area contributed by atoms with E-state index in [0.717, 1.165) is 57.2 Å². The Balaban J connectivity index is 1.30. The summed E-state index contributed by atoms with van der Waals surface area (Å²) in [5, 5.41) is 0. The highest BCUT2D eigenvalue weighted by molar-refractivity contribution is 5.95. The van der Waals surface area contributed by atoms with Gasteiger partial charge in [0.2, 0.25) is 0 Å². The number of likely N-dealkylation sites (tertiary alicyclic amines) is 2. The minimum absolute atomic E-state index is 0.0807. The summed E-state index contributed by atoms with van der Waals surface area (Å²) < 4.78 is 27.3. The van der Waals surface area contributed by atoms with E-state index in [1.807, 2.05) is 24.0 Å². The lowest BCUT2D eigenvalue weighted by Gasteiger charge is -2.35. The van der Waals surface area contributed by atoms with Crippen LogP contribution in [0.4, 0.5) is 8.78 Å². The first kappa shape index (κ1) is 20.0. The van der Waals surface area contributed by atoms with Gasteiger partial charge in [-0.25, -0.2) is 8.78 Å². The number of hydrogen-bond donors (Lipinski definition) is 0. The smallest absolute Gasteiger partial charge is 0.255 e. The third kappa shape index (κ3) is 4.32. The average molecular weight is 399 g/mol. The van der Waals surface area contributed by atoms with Gasteiger partial charge in [0.1, 0.15) is 0 Å². The van der Waals surface area contributed by atoms with Crippen molar-refractivity contribution < 1.29 is 13.6 Å². The van der Waals surface area contributed by atoms with E-state index in [9.17, 15) is 13.6 Å². The number of carbonyl (C=O) groups excluding carboxylic acids is 1. The number of aryl methyl sites for hydroxylation is 1. The molecule has 3 heterocycles. The van der Waals surface area contributed by atoms with Gasteiger partial charge in [-0.05, 0) is 69.3 Å². The molecule has 4 nitrogen and oxygen atoms in total. The van der Waals surface area contributed by atoms with Gasteiger partial charge < -0.3 is 4.90 Å². The van der Waals surface area contributed by atoms with Gasteiger partial charge in [-0.3, -0.25) is 14.7 Å². The zero-order valence-corrected chi connectivity index (χ0v) is 16.8. The normalized spacial score (nSPS) is 20.9. The molecule has 1 atom stereocenters. The molecule has 0 bridgehead atoms. The number of benzene rings is 1. The molecule has 4 rings (SSSR count). The van der Waals surface area contributed by atoms with Crippen molar-refractivity contribution in [1.29, 1.82) is 0 Å². The van der Waals surface area contributed by atoms with Crippen LogP contribution in [0.5, 0.6) is 0 Å². The Morgan fingerprint density at radius 3 is 2.59 bits per heavy atom. The number of rotatable bonds is 4. The largest absolute Gasteiger partial charge is 0.338 e. The Hall–Kier alpha value is -2.34. The van der Waals surface area contributed by atoms with Gasteiger partial charge >= 0.3 is 0 Å². The lowest BCUT2D eigenvalue weighted by molar-refractivity contribution is 0.0771. The van der Waals surface area contributed by atoms with Crippen LogP contribution in [-0.2, 0) is 6.54 Å². The van der Waals surface area contributed by atoms with Crippen LogP contribution in [0.1, 0.15) is 40.9 Å². The van der Waals surface area contributed by atoms with Crippen molar-refractivity contribution in [3.63, 3.8) is 0 Å². The van der Waals surface area contributed by atoms with Crippen LogP contribution in [-0.4, -0.2) is 46.9 Å². The fourth-order valence-electron chi connectivity index (χ4n) is 4.73. The molecule has 1 aromatic carbocycles. The fraction of sp³-hybridized carbons (Fsp3) is 0.478. The molecular weight excluding hydrogens is 372 g/mol. The summed E-state index contributed by atoms with van der Waals surface area (Å²) in [5.41, 5.74) is 1.90. The molecule has 1 amide bonds. The molecule has 29 heavy (non-hydrogen) atoms. The summed E-state index contributed by atoms with van der Waals surface area (Å²) in [6, 6.07) is 8.04. The zero-order chi connectivity index (χ0) is 20.4. The molecule has 0 spiro atoms. The van der Waals surface area contributed by atoms with E-state index in [-0.39, 0.29) is 5.91 Å². The minimum Gasteiger partial charge on any atom is -0.338 e. The van der Waals surface area contributed by atoms with Crippen LogP contribution in [0.3, 0.4) is 0 Å². The number of halogens is 2. The SMILES string of the molecule is Cc1ncccc1C(=O)N1CC[C@H](C2CCN(Cc3cccc(F)c3F)CC2)C1. The summed E-state index contributed by atoms with van der Waals surface area (Å²) in [4.78, 5) is 21.2. The first-order chi connectivity index (χ1) is 14.0. The highest BCUT2D eigenvalue weighted by atomic mass is 19.2. The number of carbonyl (C=O) groups is 1. The van der Waals surface area contributed by atoms with E-state index in [1.54, 1.807) is 18.3 Å². The van der Waals surface area contributed by atoms with Gasteiger partial charge in [0.15, 0.2) is 11.6 Å². The van der Waals surface area contributed by atoms with E-state index in [2.05, 4.69) is 9.88 Å². The molecule has 2 aliphatic rings. The quantitative estimate of drug-likeness (QED) is 0.779. The van der Waals surface area contributed by atoms with Crippen LogP contribution >= 0.6 is 0 Å². The van der Waals surface area contributed by atoms with E-state index in [0.29, 0.717) is 29.5 Å². The van der Waals surface area contributed by atoms with Gasteiger partial charge in [0.05, 0.1) is 5.56 Å². The lowest BCUT2D eigenvalue weighted by atomic mass is 9.83. The number of pyridine rings is 1. The third-order valence-corrected chi connectivity index (χ3v) is 6.47. The van der Waals surface area contributed by atoms with Gasteiger partial charge in [-0.15, -0.1) is 0 Å². The highest BCUT2D eigenvalue weighted by Crippen LogP contribution is 2.33. The Morgan fingerprint density at radius 1 is 1.07 bits per heavy atom. The number of amides is 1. The summed E-state index contributed by atoms with van der Waals surface area (Å²) in [7, 11) is 0. The van der Waals surface area contributed by atoms with Crippen molar-refractivity contribution in [1.82, 2.24) is 14.8 Å². The molecule has 0 aliphatic carbocycles. The van der Waals surface area contributed by atoms with Crippen LogP contribution in [0.25, 0.3) is 0 Å². The number of aromatic nitrogens is 1. The first-order valence-electron chi connectivity index (χ1n) is 10.4. The molecular formula is C23H27F2N3O. The molecule has 2 fully saturated rings. The topological polar surface area (TPSA) is 36.4 Å². The first-order valence-corrected chi connectivity index (χ1v) is 10.4. The predicted octanol–water partition coefficient (Wildman–Crippen LogP) is 4.04. The molecule has 2 aliphatic heterocycles. The van der Waals surface area contributed by atoms with Gasteiger partial charge in [0, 0.05) is 37.1 Å². The van der Waals surface area contributed by atoms with Gasteiger partial charge in [-0.2, -0.15) is 0 Å². The van der Waals surface area contributed by atoms with Gasteiger partial charge in [-0.1, -0.05) is 12.1 Å². The number of nitrogens with zero attached hydrogens (tertiary/aromatic N) is 3. The Kier molecular flexibility index (Phi) is 5.90. The monoisotopic (exact) mass is 399 g/mol. The van der Waals surface area contributed by atoms with Crippen molar-refractivity contribution in [2.45, 2.75) is 32.7 Å². The predicted molar refractivity (Wildman–Crippen MR) is 107 cm³/mol. The molecule has 0 saturated carbocycles. The van der Waals surface area contributed by atoms with Crippen LogP contribution in [0.2, 0.25) is 0 Å². The standard InChI is InChI=1S/C23H27F2N3O/c1-16-20(5-3-10-26-16)23(29)28-13-9-18(15-28)17-7-11-27(12-8-17)14-19-4-2-6-21(24)22(19)25/h2-6,10,17-18H,7-9,11-15H2,1H3/t18-/m0/s1. The molecule has 2 aromatic rings. The molecule has 0 radical (unpaired) electrons. The van der Waals surface area contributed by atoms with Crippen molar-refractivity contribution in [2.75, 3.05) is 26.2 Å². The van der Waals surface area contributed by atoms with Crippen LogP contribution < -0.4 is 0 Å². The Morgan fingerprint density at radius 2 is 1.83 bits per heavy atom. The van der Waals surface area contributed by atoms with Crippen molar-refractivity contribution in [2.24, 2.45) is 11.8 Å². The van der Waals surface area contributed by atoms with E-state index < -0.39 is 11.6 Å². The summed E-state index contributed by atoms with van der Waals surface area (Å²) in [5.74, 6) is -0.334. The molecule has 2 saturated heterocycles.